The Bertz CT molecular complexity index is 550. The van der Waals surface area contributed by atoms with E-state index in [-0.39, 0.29) is 17.5 Å². The van der Waals surface area contributed by atoms with Gasteiger partial charge >= 0.3 is 5.97 Å². The number of hydrogen-bond acceptors (Lipinski definition) is 3. The Morgan fingerprint density at radius 2 is 2.15 bits per heavy atom. The number of rotatable bonds is 2. The number of nitrogens with one attached hydrogen (secondary N) is 1. The third-order valence-electron chi connectivity index (χ3n) is 4.10. The highest BCUT2D eigenvalue weighted by Crippen LogP contribution is 2.30. The first-order chi connectivity index (χ1) is 9.66. The van der Waals surface area contributed by atoms with Crippen molar-refractivity contribution in [2.45, 2.75) is 31.7 Å². The number of anilines is 1. The molecule has 106 valence electrons. The zero-order valence-electron chi connectivity index (χ0n) is 11.3. The highest BCUT2D eigenvalue weighted by atomic mass is 16.4. The molecule has 0 spiro atoms. The zero-order valence-corrected chi connectivity index (χ0v) is 11.3. The predicted octanol–water partition coefficient (Wildman–Crippen LogP) is 1.42. The van der Waals surface area contributed by atoms with Crippen molar-refractivity contribution in [3.63, 3.8) is 0 Å². The topological polar surface area (TPSA) is 69.6 Å². The molecule has 20 heavy (non-hydrogen) atoms. The number of benzene rings is 1. The molecule has 0 aromatic heterocycles. The molecule has 3 rings (SSSR count). The van der Waals surface area contributed by atoms with Crippen molar-refractivity contribution in [1.29, 1.82) is 0 Å². The number of aromatic carboxylic acids is 1. The molecule has 5 heteroatoms. The van der Waals surface area contributed by atoms with Crippen LogP contribution in [0.5, 0.6) is 0 Å². The maximum atomic E-state index is 12.6. The highest BCUT2D eigenvalue weighted by Gasteiger charge is 2.31. The van der Waals surface area contributed by atoms with Crippen LogP contribution in [0.1, 0.15) is 35.2 Å². The molecule has 0 aliphatic carbocycles. The number of hydrogen-bond donors (Lipinski definition) is 2. The quantitative estimate of drug-likeness (QED) is 0.855. The lowest BCUT2D eigenvalue weighted by Gasteiger charge is -2.27. The highest BCUT2D eigenvalue weighted by molar-refractivity contribution is 6.00. The summed E-state index contributed by atoms with van der Waals surface area (Å²) in [5.74, 6) is -0.881. The van der Waals surface area contributed by atoms with E-state index in [1.54, 1.807) is 17.0 Å². The van der Waals surface area contributed by atoms with E-state index in [9.17, 15) is 9.59 Å². The summed E-state index contributed by atoms with van der Waals surface area (Å²) in [6.07, 6.45) is 3.85. The fourth-order valence-corrected chi connectivity index (χ4v) is 2.99. The monoisotopic (exact) mass is 274 g/mol. The molecular formula is C15H18N2O3. The molecule has 2 N–H and O–H groups in total. The van der Waals surface area contributed by atoms with Crippen molar-refractivity contribution in [2.24, 2.45) is 0 Å². The summed E-state index contributed by atoms with van der Waals surface area (Å²) in [6, 6.07) is 4.92. The van der Waals surface area contributed by atoms with E-state index >= 15 is 0 Å². The van der Waals surface area contributed by atoms with Gasteiger partial charge in [0, 0.05) is 12.2 Å². The third kappa shape index (κ3) is 2.29. The summed E-state index contributed by atoms with van der Waals surface area (Å²) in [4.78, 5) is 25.4. The molecule has 1 aromatic carbocycles. The normalized spacial score (nSPS) is 21.6. The van der Waals surface area contributed by atoms with Crippen LogP contribution in [-0.4, -0.2) is 36.1 Å². The van der Waals surface area contributed by atoms with Crippen LogP contribution < -0.4 is 10.2 Å². The van der Waals surface area contributed by atoms with E-state index in [2.05, 4.69) is 5.32 Å². The second kappa shape index (κ2) is 5.25. The molecule has 1 aromatic rings. The van der Waals surface area contributed by atoms with Crippen LogP contribution in [0.3, 0.4) is 0 Å². The molecule has 1 fully saturated rings. The SMILES string of the molecule is O=C(O)c1ccc2c(c1)N(C(=O)[C@H]1CCCCN1)CC2. The summed E-state index contributed by atoms with van der Waals surface area (Å²) >= 11 is 0. The van der Waals surface area contributed by atoms with Crippen molar-refractivity contribution in [3.05, 3.63) is 29.3 Å². The Kier molecular flexibility index (Phi) is 3.44. The Morgan fingerprint density at radius 3 is 2.85 bits per heavy atom. The number of carbonyl (C=O) groups excluding carboxylic acids is 1. The maximum absolute atomic E-state index is 12.6. The van der Waals surface area contributed by atoms with Gasteiger partial charge in [-0.05, 0) is 43.5 Å². The van der Waals surface area contributed by atoms with Crippen LogP contribution in [0.15, 0.2) is 18.2 Å². The van der Waals surface area contributed by atoms with Gasteiger partial charge in [0.2, 0.25) is 5.91 Å². The van der Waals surface area contributed by atoms with Crippen LogP contribution in [0.25, 0.3) is 0 Å². The Labute approximate surface area is 117 Å². The average Bonchev–Trinajstić information content (AvgIpc) is 2.90. The minimum absolute atomic E-state index is 0.0750. The van der Waals surface area contributed by atoms with Gasteiger partial charge in [0.25, 0.3) is 0 Å². The largest absolute Gasteiger partial charge is 0.478 e. The minimum atomic E-state index is -0.956. The van der Waals surface area contributed by atoms with Crippen molar-refractivity contribution in [2.75, 3.05) is 18.0 Å². The van der Waals surface area contributed by atoms with Gasteiger partial charge in [-0.15, -0.1) is 0 Å². The van der Waals surface area contributed by atoms with Crippen molar-refractivity contribution < 1.29 is 14.7 Å². The van der Waals surface area contributed by atoms with Gasteiger partial charge < -0.3 is 15.3 Å². The molecule has 0 bridgehead atoms. The predicted molar refractivity (Wildman–Crippen MR) is 75.1 cm³/mol. The molecule has 0 unspecified atom stereocenters. The summed E-state index contributed by atoms with van der Waals surface area (Å²) < 4.78 is 0. The van der Waals surface area contributed by atoms with Crippen molar-refractivity contribution in [3.8, 4) is 0 Å². The Morgan fingerprint density at radius 1 is 1.30 bits per heavy atom. The zero-order chi connectivity index (χ0) is 14.1. The maximum Gasteiger partial charge on any atom is 0.335 e. The first kappa shape index (κ1) is 13.1. The molecule has 0 radical (unpaired) electrons. The first-order valence-corrected chi connectivity index (χ1v) is 7.08. The van der Waals surface area contributed by atoms with E-state index < -0.39 is 5.97 Å². The minimum Gasteiger partial charge on any atom is -0.478 e. The summed E-state index contributed by atoms with van der Waals surface area (Å²) in [6.45, 7) is 1.53. The first-order valence-electron chi connectivity index (χ1n) is 7.08. The summed E-state index contributed by atoms with van der Waals surface area (Å²) in [7, 11) is 0. The molecule has 1 saturated heterocycles. The Hall–Kier alpha value is -1.88. The molecule has 1 atom stereocenters. The van der Waals surface area contributed by atoms with Crippen LogP contribution in [0, 0.1) is 0 Å². The second-order valence-electron chi connectivity index (χ2n) is 5.39. The fourth-order valence-electron chi connectivity index (χ4n) is 2.99. The number of piperidine rings is 1. The number of nitrogens with zero attached hydrogens (tertiary/aromatic N) is 1. The second-order valence-corrected chi connectivity index (χ2v) is 5.39. The number of carboxylic acid groups (broad SMARTS) is 1. The standard InChI is InChI=1S/C15H18N2O3/c18-14(12-3-1-2-7-16-12)17-8-6-10-4-5-11(15(19)20)9-13(10)17/h4-5,9,12,16H,1-3,6-8H2,(H,19,20)/t12-/m1/s1. The number of carbonyl (C=O) groups is 2. The lowest BCUT2D eigenvalue weighted by molar-refractivity contribution is -0.121. The Balaban J connectivity index is 1.85. The van der Waals surface area contributed by atoms with Crippen LogP contribution in [-0.2, 0) is 11.2 Å². The van der Waals surface area contributed by atoms with Crippen LogP contribution >= 0.6 is 0 Å². The lowest BCUT2D eigenvalue weighted by Crippen LogP contribution is -2.48. The fraction of sp³-hybridized carbons (Fsp3) is 0.467. The van der Waals surface area contributed by atoms with E-state index in [0.29, 0.717) is 6.54 Å². The summed E-state index contributed by atoms with van der Waals surface area (Å²) in [5, 5.41) is 12.3. The van der Waals surface area contributed by atoms with Gasteiger partial charge in [-0.2, -0.15) is 0 Å². The van der Waals surface area contributed by atoms with E-state index in [4.69, 9.17) is 5.11 Å². The van der Waals surface area contributed by atoms with Gasteiger partial charge in [0.15, 0.2) is 0 Å². The molecule has 2 heterocycles. The number of amides is 1. The molecule has 5 nitrogen and oxygen atoms in total. The van der Waals surface area contributed by atoms with E-state index in [1.165, 1.54) is 0 Å². The third-order valence-corrected chi connectivity index (χ3v) is 4.10. The van der Waals surface area contributed by atoms with Gasteiger partial charge in [0.1, 0.15) is 0 Å². The van der Waals surface area contributed by atoms with Gasteiger partial charge in [-0.25, -0.2) is 4.79 Å². The number of fused-ring (bicyclic) bond motifs is 1. The lowest BCUT2D eigenvalue weighted by atomic mass is 10.0. The van der Waals surface area contributed by atoms with Crippen LogP contribution in [0.4, 0.5) is 5.69 Å². The molecular weight excluding hydrogens is 256 g/mol. The smallest absolute Gasteiger partial charge is 0.335 e. The van der Waals surface area contributed by atoms with E-state index in [1.807, 2.05) is 6.07 Å². The van der Waals surface area contributed by atoms with Gasteiger partial charge in [-0.1, -0.05) is 12.5 Å². The van der Waals surface area contributed by atoms with Gasteiger partial charge in [0.05, 0.1) is 11.6 Å². The van der Waals surface area contributed by atoms with Crippen molar-refractivity contribution >= 4 is 17.6 Å². The van der Waals surface area contributed by atoms with Gasteiger partial charge in [-0.3, -0.25) is 4.79 Å². The van der Waals surface area contributed by atoms with Crippen LogP contribution in [0.2, 0.25) is 0 Å². The average molecular weight is 274 g/mol. The molecule has 2 aliphatic rings. The molecule has 1 amide bonds. The van der Waals surface area contributed by atoms with Crippen molar-refractivity contribution in [1.82, 2.24) is 5.32 Å². The summed E-state index contributed by atoms with van der Waals surface area (Å²) in [5.41, 5.74) is 2.06. The number of carboxylic acids is 1. The molecule has 0 saturated carbocycles. The van der Waals surface area contributed by atoms with E-state index in [0.717, 1.165) is 43.5 Å². The molecule has 2 aliphatic heterocycles.